The standard InChI is InChI=1S/C13H19NO2/c1-4-16-12-6-5-11(7-10(2)9-14)8-13(12)15-3/h5-8H,4,9,14H2,1-3H3. The molecule has 1 aromatic rings. The van der Waals surface area contributed by atoms with E-state index in [0.717, 1.165) is 22.6 Å². The number of ether oxygens (including phenoxy) is 2. The van der Waals surface area contributed by atoms with Crippen LogP contribution >= 0.6 is 0 Å². The van der Waals surface area contributed by atoms with E-state index in [-0.39, 0.29) is 0 Å². The lowest BCUT2D eigenvalue weighted by Gasteiger charge is -2.09. The molecule has 16 heavy (non-hydrogen) atoms. The molecule has 1 rings (SSSR count). The van der Waals surface area contributed by atoms with Crippen molar-refractivity contribution in [2.45, 2.75) is 13.8 Å². The summed E-state index contributed by atoms with van der Waals surface area (Å²) in [6.07, 6.45) is 2.04. The minimum atomic E-state index is 0.565. The molecule has 2 N–H and O–H groups in total. The Bertz CT molecular complexity index is 372. The van der Waals surface area contributed by atoms with Crippen molar-refractivity contribution in [2.75, 3.05) is 20.3 Å². The summed E-state index contributed by atoms with van der Waals surface area (Å²) >= 11 is 0. The van der Waals surface area contributed by atoms with Gasteiger partial charge >= 0.3 is 0 Å². The van der Waals surface area contributed by atoms with Crippen molar-refractivity contribution in [2.24, 2.45) is 5.73 Å². The number of rotatable bonds is 5. The molecule has 0 saturated carbocycles. The summed E-state index contributed by atoms with van der Waals surface area (Å²) in [5, 5.41) is 0. The lowest BCUT2D eigenvalue weighted by atomic mass is 10.1. The first-order valence-corrected chi connectivity index (χ1v) is 5.39. The van der Waals surface area contributed by atoms with Gasteiger partial charge in [0.2, 0.25) is 0 Å². The van der Waals surface area contributed by atoms with Crippen molar-refractivity contribution in [1.29, 1.82) is 0 Å². The molecule has 0 fully saturated rings. The highest BCUT2D eigenvalue weighted by atomic mass is 16.5. The minimum Gasteiger partial charge on any atom is -0.493 e. The fraction of sp³-hybridized carbons (Fsp3) is 0.385. The van der Waals surface area contributed by atoms with Gasteiger partial charge in [-0.2, -0.15) is 0 Å². The number of hydrogen-bond donors (Lipinski definition) is 1. The van der Waals surface area contributed by atoms with Crippen LogP contribution in [0.3, 0.4) is 0 Å². The number of benzene rings is 1. The van der Waals surface area contributed by atoms with E-state index < -0.39 is 0 Å². The van der Waals surface area contributed by atoms with Gasteiger partial charge in [0.05, 0.1) is 13.7 Å². The zero-order chi connectivity index (χ0) is 12.0. The summed E-state index contributed by atoms with van der Waals surface area (Å²) in [7, 11) is 1.64. The minimum absolute atomic E-state index is 0.565. The first-order valence-electron chi connectivity index (χ1n) is 5.39. The molecule has 1 aromatic carbocycles. The van der Waals surface area contributed by atoms with Crippen LogP contribution in [0.4, 0.5) is 0 Å². The maximum absolute atomic E-state index is 5.54. The predicted octanol–water partition coefficient (Wildman–Crippen LogP) is 2.46. The molecule has 0 heterocycles. The quantitative estimate of drug-likeness (QED) is 0.830. The van der Waals surface area contributed by atoms with Gasteiger partial charge in [0.1, 0.15) is 0 Å². The zero-order valence-electron chi connectivity index (χ0n) is 10.1. The van der Waals surface area contributed by atoms with E-state index in [1.54, 1.807) is 7.11 Å². The number of hydrogen-bond acceptors (Lipinski definition) is 3. The van der Waals surface area contributed by atoms with Gasteiger partial charge < -0.3 is 15.2 Å². The van der Waals surface area contributed by atoms with Gasteiger partial charge in [-0.15, -0.1) is 0 Å². The third kappa shape index (κ3) is 3.28. The maximum atomic E-state index is 5.54. The molecule has 3 nitrogen and oxygen atoms in total. The van der Waals surface area contributed by atoms with Gasteiger partial charge in [0.25, 0.3) is 0 Å². The predicted molar refractivity (Wildman–Crippen MR) is 66.9 cm³/mol. The summed E-state index contributed by atoms with van der Waals surface area (Å²) in [4.78, 5) is 0. The highest BCUT2D eigenvalue weighted by molar-refractivity contribution is 5.58. The van der Waals surface area contributed by atoms with E-state index in [0.29, 0.717) is 13.2 Å². The monoisotopic (exact) mass is 221 g/mol. The highest BCUT2D eigenvalue weighted by Gasteiger charge is 2.03. The lowest BCUT2D eigenvalue weighted by molar-refractivity contribution is 0.311. The third-order valence-corrected chi connectivity index (χ3v) is 2.22. The Morgan fingerprint density at radius 1 is 1.38 bits per heavy atom. The second-order valence-electron chi connectivity index (χ2n) is 3.54. The molecule has 0 atom stereocenters. The van der Waals surface area contributed by atoms with Crippen LogP contribution in [0.2, 0.25) is 0 Å². The SMILES string of the molecule is CCOc1ccc(C=C(C)CN)cc1OC. The Morgan fingerprint density at radius 3 is 2.69 bits per heavy atom. The second-order valence-corrected chi connectivity index (χ2v) is 3.54. The summed E-state index contributed by atoms with van der Waals surface area (Å²) in [6.45, 7) is 5.15. The molecular formula is C13H19NO2. The molecule has 0 aliphatic heterocycles. The van der Waals surface area contributed by atoms with Crippen LogP contribution < -0.4 is 15.2 Å². The maximum Gasteiger partial charge on any atom is 0.161 e. The van der Waals surface area contributed by atoms with E-state index in [9.17, 15) is 0 Å². The number of methoxy groups -OCH3 is 1. The molecule has 0 aliphatic carbocycles. The molecule has 0 saturated heterocycles. The molecule has 3 heteroatoms. The molecule has 0 spiro atoms. The zero-order valence-corrected chi connectivity index (χ0v) is 10.1. The van der Waals surface area contributed by atoms with Crippen molar-refractivity contribution in [3.05, 3.63) is 29.3 Å². The number of nitrogens with two attached hydrogens (primary N) is 1. The molecule has 0 radical (unpaired) electrons. The van der Waals surface area contributed by atoms with E-state index in [1.807, 2.05) is 38.1 Å². The fourth-order valence-electron chi connectivity index (χ4n) is 1.39. The highest BCUT2D eigenvalue weighted by Crippen LogP contribution is 2.28. The van der Waals surface area contributed by atoms with Gasteiger partial charge in [-0.3, -0.25) is 0 Å². The van der Waals surface area contributed by atoms with Gasteiger partial charge in [0, 0.05) is 6.54 Å². The van der Waals surface area contributed by atoms with Crippen LogP contribution in [0, 0.1) is 0 Å². The second kappa shape index (κ2) is 6.18. The van der Waals surface area contributed by atoms with E-state index in [2.05, 4.69) is 0 Å². The molecule has 88 valence electrons. The van der Waals surface area contributed by atoms with Crippen molar-refractivity contribution < 1.29 is 9.47 Å². The Kier molecular flexibility index (Phi) is 4.86. The summed E-state index contributed by atoms with van der Waals surface area (Å²) in [6, 6.07) is 5.86. The van der Waals surface area contributed by atoms with Crippen molar-refractivity contribution in [3.63, 3.8) is 0 Å². The molecule has 0 unspecified atom stereocenters. The third-order valence-electron chi connectivity index (χ3n) is 2.22. The van der Waals surface area contributed by atoms with E-state index in [4.69, 9.17) is 15.2 Å². The average Bonchev–Trinajstić information content (AvgIpc) is 2.31. The molecule has 0 bridgehead atoms. The Morgan fingerprint density at radius 2 is 2.12 bits per heavy atom. The van der Waals surface area contributed by atoms with Crippen LogP contribution in [0.25, 0.3) is 6.08 Å². The molecule has 0 amide bonds. The Hall–Kier alpha value is -1.48. The molecular weight excluding hydrogens is 202 g/mol. The summed E-state index contributed by atoms with van der Waals surface area (Å²) < 4.78 is 10.7. The van der Waals surface area contributed by atoms with Crippen LogP contribution in [0.5, 0.6) is 11.5 Å². The molecule has 0 aromatic heterocycles. The summed E-state index contributed by atoms with van der Waals surface area (Å²) in [5.41, 5.74) is 7.75. The Balaban J connectivity index is 2.99. The van der Waals surface area contributed by atoms with Crippen LogP contribution in [0.1, 0.15) is 19.4 Å². The fourth-order valence-corrected chi connectivity index (χ4v) is 1.39. The van der Waals surface area contributed by atoms with Crippen LogP contribution in [-0.2, 0) is 0 Å². The largest absolute Gasteiger partial charge is 0.493 e. The van der Waals surface area contributed by atoms with Gasteiger partial charge in [0.15, 0.2) is 11.5 Å². The van der Waals surface area contributed by atoms with Crippen LogP contribution in [0.15, 0.2) is 23.8 Å². The Labute approximate surface area is 96.9 Å². The topological polar surface area (TPSA) is 44.5 Å². The summed E-state index contributed by atoms with van der Waals surface area (Å²) in [5.74, 6) is 1.52. The van der Waals surface area contributed by atoms with Crippen molar-refractivity contribution in [1.82, 2.24) is 0 Å². The smallest absolute Gasteiger partial charge is 0.161 e. The normalized spacial score (nSPS) is 11.4. The lowest BCUT2D eigenvalue weighted by Crippen LogP contribution is -1.99. The van der Waals surface area contributed by atoms with E-state index in [1.165, 1.54) is 0 Å². The van der Waals surface area contributed by atoms with Crippen LogP contribution in [-0.4, -0.2) is 20.3 Å². The van der Waals surface area contributed by atoms with Crippen molar-refractivity contribution in [3.8, 4) is 11.5 Å². The van der Waals surface area contributed by atoms with Gasteiger partial charge in [-0.05, 0) is 31.5 Å². The first kappa shape index (κ1) is 12.6. The first-order chi connectivity index (χ1) is 7.71. The van der Waals surface area contributed by atoms with Crippen molar-refractivity contribution >= 4 is 6.08 Å². The van der Waals surface area contributed by atoms with Gasteiger partial charge in [-0.25, -0.2) is 0 Å². The van der Waals surface area contributed by atoms with E-state index >= 15 is 0 Å². The van der Waals surface area contributed by atoms with Gasteiger partial charge in [-0.1, -0.05) is 17.7 Å². The molecule has 0 aliphatic rings. The average molecular weight is 221 g/mol.